The number of nitrogens with zero attached hydrogens (tertiary/aromatic N) is 2. The maximum atomic E-state index is 6.09. The first-order valence-electron chi connectivity index (χ1n) is 6.33. The molecule has 0 aliphatic heterocycles. The molecule has 0 bridgehead atoms. The Morgan fingerprint density at radius 1 is 1.00 bits per heavy atom. The zero-order valence-corrected chi connectivity index (χ0v) is 11.8. The molecular weight excluding hydrogens is 272 g/mol. The molecule has 3 rings (SSSR count). The summed E-state index contributed by atoms with van der Waals surface area (Å²) >= 11 is 6.09. The molecule has 3 nitrogen and oxygen atoms in total. The summed E-state index contributed by atoms with van der Waals surface area (Å²) in [4.78, 5) is 0. The summed E-state index contributed by atoms with van der Waals surface area (Å²) < 4.78 is 5.79. The number of rotatable bonds is 3. The Morgan fingerprint density at radius 3 is 2.60 bits per heavy atom. The highest BCUT2D eigenvalue weighted by Gasteiger charge is 2.06. The van der Waals surface area contributed by atoms with Gasteiger partial charge in [0.1, 0.15) is 12.4 Å². The molecule has 0 spiro atoms. The summed E-state index contributed by atoms with van der Waals surface area (Å²) in [6.07, 6.45) is 0. The molecule has 0 radical (unpaired) electrons. The van der Waals surface area contributed by atoms with Crippen LogP contribution in [-0.4, -0.2) is 10.2 Å². The molecule has 0 amide bonds. The molecule has 100 valence electrons. The van der Waals surface area contributed by atoms with E-state index in [0.717, 1.165) is 27.8 Å². The predicted octanol–water partition coefficient (Wildman–Crippen LogP) is 4.17. The summed E-state index contributed by atoms with van der Waals surface area (Å²) in [7, 11) is 0. The van der Waals surface area contributed by atoms with Crippen molar-refractivity contribution in [1.82, 2.24) is 10.2 Å². The van der Waals surface area contributed by atoms with Crippen molar-refractivity contribution < 1.29 is 4.74 Å². The molecule has 0 aliphatic carbocycles. The van der Waals surface area contributed by atoms with E-state index in [1.807, 2.05) is 55.5 Å². The Balaban J connectivity index is 1.88. The van der Waals surface area contributed by atoms with Gasteiger partial charge in [0, 0.05) is 10.8 Å². The van der Waals surface area contributed by atoms with Crippen molar-refractivity contribution in [2.45, 2.75) is 13.5 Å². The van der Waals surface area contributed by atoms with Crippen LogP contribution in [-0.2, 0) is 6.61 Å². The molecule has 3 aromatic rings. The molecule has 0 N–H and O–H groups in total. The number of fused-ring (bicyclic) bond motifs is 1. The van der Waals surface area contributed by atoms with Crippen LogP contribution in [0, 0.1) is 6.92 Å². The smallest absolute Gasteiger partial charge is 0.159 e. The Labute approximate surface area is 122 Å². The lowest BCUT2D eigenvalue weighted by molar-refractivity contribution is 0.306. The van der Waals surface area contributed by atoms with Crippen LogP contribution in [0.4, 0.5) is 0 Å². The Kier molecular flexibility index (Phi) is 3.52. The van der Waals surface area contributed by atoms with Gasteiger partial charge in [0.2, 0.25) is 0 Å². The topological polar surface area (TPSA) is 35.0 Å². The van der Waals surface area contributed by atoms with Gasteiger partial charge < -0.3 is 4.74 Å². The third-order valence-corrected chi connectivity index (χ3v) is 3.42. The van der Waals surface area contributed by atoms with E-state index in [1.165, 1.54) is 0 Å². The maximum absolute atomic E-state index is 6.09. The minimum absolute atomic E-state index is 0.399. The van der Waals surface area contributed by atoms with Gasteiger partial charge in [-0.3, -0.25) is 0 Å². The number of aryl methyl sites for hydroxylation is 1. The molecule has 1 heterocycles. The number of hydrogen-bond acceptors (Lipinski definition) is 3. The molecule has 2 aromatic carbocycles. The quantitative estimate of drug-likeness (QED) is 0.724. The fraction of sp³-hybridized carbons (Fsp3) is 0.125. The molecule has 0 fully saturated rings. The van der Waals surface area contributed by atoms with Crippen LogP contribution in [0.3, 0.4) is 0 Å². The predicted molar refractivity (Wildman–Crippen MR) is 80.1 cm³/mol. The monoisotopic (exact) mass is 284 g/mol. The highest BCUT2D eigenvalue weighted by atomic mass is 35.5. The average molecular weight is 285 g/mol. The van der Waals surface area contributed by atoms with Gasteiger partial charge in [-0.15, -0.1) is 5.10 Å². The van der Waals surface area contributed by atoms with E-state index in [9.17, 15) is 0 Å². The van der Waals surface area contributed by atoms with Crippen LogP contribution in [0.1, 0.15) is 11.3 Å². The molecule has 4 heteroatoms. The Hall–Kier alpha value is -2.13. The number of benzene rings is 2. The highest BCUT2D eigenvalue weighted by molar-refractivity contribution is 6.34. The number of aromatic nitrogens is 2. The fourth-order valence-electron chi connectivity index (χ4n) is 2.07. The van der Waals surface area contributed by atoms with Gasteiger partial charge in [0.25, 0.3) is 0 Å². The van der Waals surface area contributed by atoms with E-state index >= 15 is 0 Å². The third kappa shape index (κ3) is 2.58. The van der Waals surface area contributed by atoms with Crippen molar-refractivity contribution >= 4 is 22.4 Å². The number of halogens is 1. The third-order valence-electron chi connectivity index (χ3n) is 3.14. The maximum Gasteiger partial charge on any atom is 0.159 e. The molecule has 0 saturated heterocycles. The number of hydrogen-bond donors (Lipinski definition) is 0. The first kappa shape index (κ1) is 12.9. The van der Waals surface area contributed by atoms with Gasteiger partial charge in [-0.1, -0.05) is 41.9 Å². The van der Waals surface area contributed by atoms with Crippen LogP contribution >= 0.6 is 11.6 Å². The standard InChI is InChI=1S/C16H13ClN2O/c1-11-14-8-7-13(9-15(14)16(17)19-18-11)20-10-12-5-3-2-4-6-12/h2-9H,10H2,1H3. The minimum Gasteiger partial charge on any atom is -0.489 e. The largest absolute Gasteiger partial charge is 0.489 e. The van der Waals surface area contributed by atoms with Gasteiger partial charge in [0.05, 0.1) is 5.69 Å². The van der Waals surface area contributed by atoms with Gasteiger partial charge in [-0.25, -0.2) is 0 Å². The van der Waals surface area contributed by atoms with Crippen LogP contribution in [0.15, 0.2) is 48.5 Å². The van der Waals surface area contributed by atoms with Crippen LogP contribution in [0.5, 0.6) is 5.75 Å². The summed E-state index contributed by atoms with van der Waals surface area (Å²) in [6.45, 7) is 2.44. The highest BCUT2D eigenvalue weighted by Crippen LogP contribution is 2.27. The normalized spacial score (nSPS) is 10.7. The average Bonchev–Trinajstić information content (AvgIpc) is 2.50. The summed E-state index contributed by atoms with van der Waals surface area (Å²) in [5, 5.41) is 10.2. The second kappa shape index (κ2) is 5.47. The van der Waals surface area contributed by atoms with Crippen LogP contribution < -0.4 is 4.74 Å². The van der Waals surface area contributed by atoms with Crippen molar-refractivity contribution in [3.8, 4) is 5.75 Å². The number of ether oxygens (including phenoxy) is 1. The van der Waals surface area contributed by atoms with E-state index in [4.69, 9.17) is 16.3 Å². The Bertz CT molecular complexity index is 744. The van der Waals surface area contributed by atoms with E-state index < -0.39 is 0 Å². The molecule has 20 heavy (non-hydrogen) atoms. The van der Waals surface area contributed by atoms with Crippen molar-refractivity contribution in [2.75, 3.05) is 0 Å². The van der Waals surface area contributed by atoms with Gasteiger partial charge >= 0.3 is 0 Å². The zero-order chi connectivity index (χ0) is 13.9. The second-order valence-electron chi connectivity index (χ2n) is 4.56. The fourth-order valence-corrected chi connectivity index (χ4v) is 2.26. The second-order valence-corrected chi connectivity index (χ2v) is 4.92. The SMILES string of the molecule is Cc1nnc(Cl)c2cc(OCc3ccccc3)ccc12. The molecular formula is C16H13ClN2O. The summed E-state index contributed by atoms with van der Waals surface area (Å²) in [5.74, 6) is 0.774. The molecule has 0 unspecified atom stereocenters. The van der Waals surface area contributed by atoms with E-state index in [-0.39, 0.29) is 0 Å². The van der Waals surface area contributed by atoms with Gasteiger partial charge in [0.15, 0.2) is 5.15 Å². The molecule has 0 aliphatic rings. The first-order valence-corrected chi connectivity index (χ1v) is 6.71. The summed E-state index contributed by atoms with van der Waals surface area (Å²) in [6, 6.07) is 15.8. The van der Waals surface area contributed by atoms with Gasteiger partial charge in [-0.05, 0) is 30.7 Å². The summed E-state index contributed by atoms with van der Waals surface area (Å²) in [5.41, 5.74) is 1.99. The van der Waals surface area contributed by atoms with Gasteiger partial charge in [-0.2, -0.15) is 5.10 Å². The Morgan fingerprint density at radius 2 is 1.80 bits per heavy atom. The van der Waals surface area contributed by atoms with Crippen molar-refractivity contribution in [2.24, 2.45) is 0 Å². The van der Waals surface area contributed by atoms with Crippen molar-refractivity contribution in [1.29, 1.82) is 0 Å². The minimum atomic E-state index is 0.399. The molecule has 1 aromatic heterocycles. The van der Waals surface area contributed by atoms with Crippen molar-refractivity contribution in [3.63, 3.8) is 0 Å². The lowest BCUT2D eigenvalue weighted by Crippen LogP contribution is -1.96. The molecule has 0 saturated carbocycles. The zero-order valence-electron chi connectivity index (χ0n) is 11.0. The van der Waals surface area contributed by atoms with Crippen LogP contribution in [0.2, 0.25) is 5.15 Å². The van der Waals surface area contributed by atoms with Crippen LogP contribution in [0.25, 0.3) is 10.8 Å². The van der Waals surface area contributed by atoms with E-state index in [2.05, 4.69) is 10.2 Å². The van der Waals surface area contributed by atoms with E-state index in [0.29, 0.717) is 11.8 Å². The lowest BCUT2D eigenvalue weighted by Gasteiger charge is -2.08. The first-order chi connectivity index (χ1) is 9.74. The lowest BCUT2D eigenvalue weighted by atomic mass is 10.1. The molecule has 0 atom stereocenters. The van der Waals surface area contributed by atoms with Crippen molar-refractivity contribution in [3.05, 3.63) is 64.9 Å². The van der Waals surface area contributed by atoms with E-state index in [1.54, 1.807) is 0 Å².